The predicted octanol–water partition coefficient (Wildman–Crippen LogP) is 3.45. The van der Waals surface area contributed by atoms with E-state index in [-0.39, 0.29) is 6.04 Å². The number of hydrogen-bond acceptors (Lipinski definition) is 5. The predicted molar refractivity (Wildman–Crippen MR) is 114 cm³/mol. The number of ether oxygens (including phenoxy) is 1. The van der Waals surface area contributed by atoms with Crippen LogP contribution in [0.1, 0.15) is 42.0 Å². The van der Waals surface area contributed by atoms with Crippen LogP contribution in [0, 0.1) is 13.8 Å². The SMILES string of the molecule is Cc1ccc(S(=O)(=O)N2CCCC[C@H]2c2cnc(N3CCOCC3)c(C)c2)cc1. The van der Waals surface area contributed by atoms with E-state index in [0.29, 0.717) is 24.7 Å². The van der Waals surface area contributed by atoms with Crippen LogP contribution < -0.4 is 4.90 Å². The van der Waals surface area contributed by atoms with Crippen LogP contribution in [0.15, 0.2) is 41.4 Å². The molecular weight excluding hydrogens is 386 g/mol. The van der Waals surface area contributed by atoms with Gasteiger partial charge >= 0.3 is 0 Å². The quantitative estimate of drug-likeness (QED) is 0.765. The molecule has 0 saturated carbocycles. The molecule has 2 aromatic rings. The first-order valence-electron chi connectivity index (χ1n) is 10.3. The third-order valence-electron chi connectivity index (χ3n) is 5.85. The van der Waals surface area contributed by atoms with E-state index in [1.807, 2.05) is 25.3 Å². The van der Waals surface area contributed by atoms with Gasteiger partial charge in [0.25, 0.3) is 0 Å². The van der Waals surface area contributed by atoms with Gasteiger partial charge in [-0.3, -0.25) is 0 Å². The third-order valence-corrected chi connectivity index (χ3v) is 7.77. The molecule has 2 aliphatic rings. The molecule has 0 N–H and O–H groups in total. The maximum atomic E-state index is 13.4. The fraction of sp³-hybridized carbons (Fsp3) is 0.500. The number of pyridine rings is 1. The van der Waals surface area contributed by atoms with Crippen LogP contribution in [0.25, 0.3) is 0 Å². The van der Waals surface area contributed by atoms with Gasteiger partial charge in [-0.25, -0.2) is 13.4 Å². The zero-order valence-corrected chi connectivity index (χ0v) is 18.0. The van der Waals surface area contributed by atoms with Crippen molar-refractivity contribution in [1.29, 1.82) is 0 Å². The van der Waals surface area contributed by atoms with Crippen molar-refractivity contribution in [2.24, 2.45) is 0 Å². The minimum Gasteiger partial charge on any atom is -0.378 e. The topological polar surface area (TPSA) is 62.7 Å². The second-order valence-corrected chi connectivity index (χ2v) is 9.84. The number of sulfonamides is 1. The number of rotatable bonds is 4. The Labute approximate surface area is 173 Å². The van der Waals surface area contributed by atoms with Crippen molar-refractivity contribution in [2.75, 3.05) is 37.7 Å². The highest BCUT2D eigenvalue weighted by molar-refractivity contribution is 7.89. The summed E-state index contributed by atoms with van der Waals surface area (Å²) in [6, 6.07) is 9.08. The molecule has 0 aliphatic carbocycles. The van der Waals surface area contributed by atoms with Crippen molar-refractivity contribution in [2.45, 2.75) is 44.0 Å². The highest BCUT2D eigenvalue weighted by atomic mass is 32.2. The number of anilines is 1. The number of aryl methyl sites for hydroxylation is 2. The summed E-state index contributed by atoms with van der Waals surface area (Å²) in [5.74, 6) is 0.973. The standard InChI is InChI=1S/C22H29N3O3S/c1-17-6-8-20(9-7-17)29(26,27)25-10-4-3-5-21(25)19-15-18(2)22(23-16-19)24-11-13-28-14-12-24/h6-9,15-16,21H,3-5,10-14H2,1-2H3/t21-/m0/s1. The van der Waals surface area contributed by atoms with Gasteiger partial charge in [0.15, 0.2) is 0 Å². The van der Waals surface area contributed by atoms with Crippen molar-refractivity contribution in [3.63, 3.8) is 0 Å². The second-order valence-electron chi connectivity index (χ2n) is 7.95. The van der Waals surface area contributed by atoms with Crippen molar-refractivity contribution >= 4 is 15.8 Å². The van der Waals surface area contributed by atoms with E-state index >= 15 is 0 Å². The van der Waals surface area contributed by atoms with Crippen LogP contribution in [-0.4, -0.2) is 50.6 Å². The number of morpholine rings is 1. The molecule has 0 radical (unpaired) electrons. The molecule has 156 valence electrons. The molecule has 7 heteroatoms. The van der Waals surface area contributed by atoms with E-state index in [4.69, 9.17) is 9.72 Å². The fourth-order valence-electron chi connectivity index (χ4n) is 4.25. The maximum absolute atomic E-state index is 13.4. The van der Waals surface area contributed by atoms with Crippen molar-refractivity contribution < 1.29 is 13.2 Å². The van der Waals surface area contributed by atoms with Gasteiger partial charge < -0.3 is 9.64 Å². The molecule has 0 unspecified atom stereocenters. The number of nitrogens with zero attached hydrogens (tertiary/aromatic N) is 3. The van der Waals surface area contributed by atoms with Gasteiger partial charge in [0.1, 0.15) is 5.82 Å². The Morgan fingerprint density at radius 2 is 1.76 bits per heavy atom. The Bertz CT molecular complexity index is 954. The van der Waals surface area contributed by atoms with Crippen LogP contribution in [0.2, 0.25) is 0 Å². The summed E-state index contributed by atoms with van der Waals surface area (Å²) < 4.78 is 33.8. The van der Waals surface area contributed by atoms with Crippen LogP contribution in [0.3, 0.4) is 0 Å². The molecular formula is C22H29N3O3S. The minimum atomic E-state index is -3.54. The summed E-state index contributed by atoms with van der Waals surface area (Å²) >= 11 is 0. The third kappa shape index (κ3) is 4.17. The molecule has 1 aromatic carbocycles. The smallest absolute Gasteiger partial charge is 0.243 e. The van der Waals surface area contributed by atoms with E-state index in [2.05, 4.69) is 17.9 Å². The number of hydrogen-bond donors (Lipinski definition) is 0. The Balaban J connectivity index is 1.63. The van der Waals surface area contributed by atoms with Gasteiger partial charge in [0.2, 0.25) is 10.0 Å². The monoisotopic (exact) mass is 415 g/mol. The first kappa shape index (κ1) is 20.3. The number of piperidine rings is 1. The summed E-state index contributed by atoms with van der Waals surface area (Å²) in [7, 11) is -3.54. The molecule has 3 heterocycles. The lowest BCUT2D eigenvalue weighted by atomic mass is 9.98. The first-order chi connectivity index (χ1) is 14.0. The van der Waals surface area contributed by atoms with Crippen molar-refractivity contribution in [3.05, 3.63) is 53.2 Å². The Kier molecular flexibility index (Phi) is 5.90. The van der Waals surface area contributed by atoms with Crippen molar-refractivity contribution in [1.82, 2.24) is 9.29 Å². The Hall–Kier alpha value is -1.96. The van der Waals surface area contributed by atoms with E-state index in [0.717, 1.165) is 54.9 Å². The average molecular weight is 416 g/mol. The Morgan fingerprint density at radius 3 is 2.45 bits per heavy atom. The minimum absolute atomic E-state index is 0.167. The average Bonchev–Trinajstić information content (AvgIpc) is 2.74. The molecule has 2 fully saturated rings. The molecule has 2 saturated heterocycles. The van der Waals surface area contributed by atoms with Gasteiger partial charge in [-0.05, 0) is 56.0 Å². The summed E-state index contributed by atoms with van der Waals surface area (Å²) in [4.78, 5) is 7.33. The first-order valence-corrected chi connectivity index (χ1v) is 11.8. The highest BCUT2D eigenvalue weighted by Gasteiger charge is 2.34. The van der Waals surface area contributed by atoms with Crippen LogP contribution in [-0.2, 0) is 14.8 Å². The van der Waals surface area contributed by atoms with Gasteiger partial charge in [0.05, 0.1) is 24.2 Å². The molecule has 0 spiro atoms. The van der Waals surface area contributed by atoms with Gasteiger partial charge in [0, 0.05) is 25.8 Å². The summed E-state index contributed by atoms with van der Waals surface area (Å²) in [5.41, 5.74) is 3.12. The lowest BCUT2D eigenvalue weighted by Gasteiger charge is -2.35. The summed E-state index contributed by atoms with van der Waals surface area (Å²) in [6.45, 7) is 7.68. The van der Waals surface area contributed by atoms with Crippen molar-refractivity contribution in [3.8, 4) is 0 Å². The zero-order chi connectivity index (χ0) is 20.4. The fourth-order valence-corrected chi connectivity index (χ4v) is 5.93. The number of benzene rings is 1. The largest absolute Gasteiger partial charge is 0.378 e. The molecule has 1 atom stereocenters. The van der Waals surface area contributed by atoms with E-state index in [9.17, 15) is 8.42 Å². The summed E-state index contributed by atoms with van der Waals surface area (Å²) in [6.07, 6.45) is 4.60. The maximum Gasteiger partial charge on any atom is 0.243 e. The van der Waals surface area contributed by atoms with Crippen LogP contribution in [0.5, 0.6) is 0 Å². The zero-order valence-electron chi connectivity index (χ0n) is 17.2. The molecule has 1 aromatic heterocycles. The molecule has 6 nitrogen and oxygen atoms in total. The normalized spacial score (nSPS) is 21.3. The highest BCUT2D eigenvalue weighted by Crippen LogP contribution is 2.36. The van der Waals surface area contributed by atoms with Gasteiger partial charge in [-0.2, -0.15) is 4.31 Å². The van der Waals surface area contributed by atoms with E-state index in [1.54, 1.807) is 16.4 Å². The molecule has 0 bridgehead atoms. The number of aromatic nitrogens is 1. The van der Waals surface area contributed by atoms with Crippen LogP contribution >= 0.6 is 0 Å². The molecule has 0 amide bonds. The van der Waals surface area contributed by atoms with E-state index < -0.39 is 10.0 Å². The van der Waals surface area contributed by atoms with Gasteiger partial charge in [-0.15, -0.1) is 0 Å². The lowest BCUT2D eigenvalue weighted by Crippen LogP contribution is -2.39. The van der Waals surface area contributed by atoms with E-state index in [1.165, 1.54) is 0 Å². The molecule has 4 rings (SSSR count). The Morgan fingerprint density at radius 1 is 1.03 bits per heavy atom. The molecule has 2 aliphatic heterocycles. The lowest BCUT2D eigenvalue weighted by molar-refractivity contribution is 0.122. The summed E-state index contributed by atoms with van der Waals surface area (Å²) in [5, 5.41) is 0. The second kappa shape index (κ2) is 8.42. The van der Waals surface area contributed by atoms with Crippen LogP contribution in [0.4, 0.5) is 5.82 Å². The molecule has 29 heavy (non-hydrogen) atoms. The van der Waals surface area contributed by atoms with Gasteiger partial charge in [-0.1, -0.05) is 24.1 Å².